The van der Waals surface area contributed by atoms with Crippen LogP contribution in [-0.4, -0.2) is 11.0 Å². The van der Waals surface area contributed by atoms with Gasteiger partial charge in [-0.05, 0) is 24.3 Å². The molecule has 0 bridgehead atoms. The molecule has 0 fully saturated rings. The zero-order valence-electron chi connectivity index (χ0n) is 6.40. The van der Waals surface area contributed by atoms with E-state index in [2.05, 4.69) is 0 Å². The zero-order valence-corrected chi connectivity index (χ0v) is 6.40. The third-order valence-electron chi connectivity index (χ3n) is 1.86. The number of hydrogen-bond acceptors (Lipinski definition) is 2. The SMILES string of the molecule is Nc1ccc2c(ccn2C=O)c1. The molecule has 12 heavy (non-hydrogen) atoms. The first kappa shape index (κ1) is 6.91. The van der Waals surface area contributed by atoms with Crippen molar-refractivity contribution in [3.63, 3.8) is 0 Å². The van der Waals surface area contributed by atoms with Crippen LogP contribution in [0.3, 0.4) is 0 Å². The highest BCUT2D eigenvalue weighted by molar-refractivity contribution is 5.87. The summed E-state index contributed by atoms with van der Waals surface area (Å²) in [5, 5.41) is 0.988. The molecule has 0 spiro atoms. The van der Waals surface area contributed by atoms with Crippen LogP contribution < -0.4 is 5.73 Å². The fraction of sp³-hybridized carbons (Fsp3) is 0. The van der Waals surface area contributed by atoms with E-state index in [-0.39, 0.29) is 0 Å². The minimum Gasteiger partial charge on any atom is -0.399 e. The summed E-state index contributed by atoms with van der Waals surface area (Å²) < 4.78 is 1.52. The molecule has 0 saturated heterocycles. The quantitative estimate of drug-likeness (QED) is 0.504. The Bertz CT molecular complexity index is 431. The number of hydrogen-bond donors (Lipinski definition) is 1. The van der Waals surface area contributed by atoms with Gasteiger partial charge in [-0.3, -0.25) is 9.36 Å². The molecule has 1 aromatic heterocycles. The summed E-state index contributed by atoms with van der Waals surface area (Å²) in [6.07, 6.45) is 2.50. The Labute approximate surface area is 69.4 Å². The lowest BCUT2D eigenvalue weighted by atomic mass is 10.2. The maximum Gasteiger partial charge on any atom is 0.218 e. The lowest BCUT2D eigenvalue weighted by Gasteiger charge is -1.95. The summed E-state index contributed by atoms with van der Waals surface area (Å²) in [6.45, 7) is 0. The Morgan fingerprint density at radius 2 is 2.17 bits per heavy atom. The molecule has 2 aromatic rings. The predicted molar refractivity (Wildman–Crippen MR) is 48.5 cm³/mol. The highest BCUT2D eigenvalue weighted by Crippen LogP contribution is 2.17. The number of nitrogens with zero attached hydrogens (tertiary/aromatic N) is 1. The number of carbonyl (C=O) groups is 1. The van der Waals surface area contributed by atoms with Crippen molar-refractivity contribution in [1.29, 1.82) is 0 Å². The van der Waals surface area contributed by atoms with Gasteiger partial charge in [0.25, 0.3) is 0 Å². The number of carbonyl (C=O) groups excluding carboxylic acids is 1. The molecule has 0 radical (unpaired) electrons. The predicted octanol–water partition coefficient (Wildman–Crippen LogP) is 1.26. The molecule has 0 unspecified atom stereocenters. The van der Waals surface area contributed by atoms with E-state index in [1.807, 2.05) is 18.2 Å². The number of nitrogen functional groups attached to an aromatic ring is 1. The van der Waals surface area contributed by atoms with Crippen molar-refractivity contribution in [3.8, 4) is 0 Å². The van der Waals surface area contributed by atoms with Gasteiger partial charge in [0.15, 0.2) is 0 Å². The fourth-order valence-corrected chi connectivity index (χ4v) is 1.27. The highest BCUT2D eigenvalue weighted by Gasteiger charge is 1.98. The van der Waals surface area contributed by atoms with Gasteiger partial charge in [-0.1, -0.05) is 0 Å². The summed E-state index contributed by atoms with van der Waals surface area (Å²) in [5.41, 5.74) is 7.18. The van der Waals surface area contributed by atoms with Crippen LogP contribution in [0.1, 0.15) is 0 Å². The van der Waals surface area contributed by atoms with E-state index in [0.29, 0.717) is 5.69 Å². The van der Waals surface area contributed by atoms with Gasteiger partial charge >= 0.3 is 0 Å². The van der Waals surface area contributed by atoms with Crippen LogP contribution >= 0.6 is 0 Å². The number of anilines is 1. The monoisotopic (exact) mass is 160 g/mol. The van der Waals surface area contributed by atoms with Crippen molar-refractivity contribution in [2.75, 3.05) is 5.73 Å². The molecular formula is C9H8N2O. The van der Waals surface area contributed by atoms with Crippen molar-refractivity contribution in [2.45, 2.75) is 0 Å². The third kappa shape index (κ3) is 0.871. The molecule has 1 aromatic carbocycles. The van der Waals surface area contributed by atoms with E-state index in [0.717, 1.165) is 17.3 Å². The average molecular weight is 160 g/mol. The van der Waals surface area contributed by atoms with E-state index in [4.69, 9.17) is 5.73 Å². The van der Waals surface area contributed by atoms with E-state index >= 15 is 0 Å². The van der Waals surface area contributed by atoms with Crippen LogP contribution in [0.25, 0.3) is 10.9 Å². The second-order valence-electron chi connectivity index (χ2n) is 2.65. The van der Waals surface area contributed by atoms with Gasteiger partial charge < -0.3 is 5.73 Å². The first-order valence-corrected chi connectivity index (χ1v) is 3.62. The zero-order chi connectivity index (χ0) is 8.55. The van der Waals surface area contributed by atoms with Crippen LogP contribution in [0, 0.1) is 0 Å². The summed E-state index contributed by atoms with van der Waals surface area (Å²) in [6, 6.07) is 7.32. The minimum absolute atomic E-state index is 0.714. The summed E-state index contributed by atoms with van der Waals surface area (Å²) >= 11 is 0. The molecule has 0 aliphatic rings. The third-order valence-corrected chi connectivity index (χ3v) is 1.86. The van der Waals surface area contributed by atoms with Crippen LogP contribution in [-0.2, 0) is 4.79 Å². The van der Waals surface area contributed by atoms with Crippen molar-refractivity contribution >= 4 is 23.0 Å². The van der Waals surface area contributed by atoms with E-state index in [1.54, 1.807) is 12.3 Å². The Kier molecular flexibility index (Phi) is 1.37. The van der Waals surface area contributed by atoms with Gasteiger partial charge in [-0.25, -0.2) is 0 Å². The maximum absolute atomic E-state index is 10.5. The Hall–Kier alpha value is -1.77. The molecular weight excluding hydrogens is 152 g/mol. The first-order valence-electron chi connectivity index (χ1n) is 3.62. The van der Waals surface area contributed by atoms with Gasteiger partial charge in [0.1, 0.15) is 0 Å². The molecule has 0 amide bonds. The van der Waals surface area contributed by atoms with Crippen molar-refractivity contribution in [1.82, 2.24) is 4.57 Å². The average Bonchev–Trinajstić information content (AvgIpc) is 2.46. The second kappa shape index (κ2) is 2.37. The molecule has 0 atom stereocenters. The van der Waals surface area contributed by atoms with Crippen molar-refractivity contribution in [2.24, 2.45) is 0 Å². The molecule has 0 aliphatic heterocycles. The molecule has 1 heterocycles. The topological polar surface area (TPSA) is 48.0 Å². The molecule has 3 nitrogen and oxygen atoms in total. The molecule has 0 aliphatic carbocycles. The first-order chi connectivity index (χ1) is 5.81. The molecule has 3 heteroatoms. The normalized spacial score (nSPS) is 10.3. The van der Waals surface area contributed by atoms with Crippen LogP contribution in [0.4, 0.5) is 5.69 Å². The largest absolute Gasteiger partial charge is 0.399 e. The smallest absolute Gasteiger partial charge is 0.218 e. The molecule has 2 N–H and O–H groups in total. The van der Waals surface area contributed by atoms with Crippen molar-refractivity contribution in [3.05, 3.63) is 30.5 Å². The standard InChI is InChI=1S/C9H8N2O/c10-8-1-2-9-7(5-8)3-4-11(9)6-12/h1-6H,10H2. The summed E-state index contributed by atoms with van der Waals surface area (Å²) in [5.74, 6) is 0. The summed E-state index contributed by atoms with van der Waals surface area (Å²) in [4.78, 5) is 10.5. The van der Waals surface area contributed by atoms with Gasteiger partial charge in [0.05, 0.1) is 5.52 Å². The van der Waals surface area contributed by atoms with Gasteiger partial charge in [0, 0.05) is 17.3 Å². The number of fused-ring (bicyclic) bond motifs is 1. The maximum atomic E-state index is 10.5. The molecule has 2 rings (SSSR count). The van der Waals surface area contributed by atoms with Gasteiger partial charge in [-0.15, -0.1) is 0 Å². The van der Waals surface area contributed by atoms with Crippen LogP contribution in [0.5, 0.6) is 0 Å². The number of rotatable bonds is 1. The number of nitrogens with two attached hydrogens (primary N) is 1. The number of benzene rings is 1. The lowest BCUT2D eigenvalue weighted by Crippen LogP contribution is -1.91. The van der Waals surface area contributed by atoms with Crippen LogP contribution in [0.15, 0.2) is 30.5 Å². The second-order valence-corrected chi connectivity index (χ2v) is 2.65. The van der Waals surface area contributed by atoms with E-state index < -0.39 is 0 Å². The van der Waals surface area contributed by atoms with Gasteiger partial charge in [-0.2, -0.15) is 0 Å². The van der Waals surface area contributed by atoms with Crippen LogP contribution in [0.2, 0.25) is 0 Å². The van der Waals surface area contributed by atoms with Crippen molar-refractivity contribution < 1.29 is 4.79 Å². The molecule has 0 saturated carbocycles. The Morgan fingerprint density at radius 3 is 2.92 bits per heavy atom. The molecule has 60 valence electrons. The highest BCUT2D eigenvalue weighted by atomic mass is 16.1. The Morgan fingerprint density at radius 1 is 1.33 bits per heavy atom. The van der Waals surface area contributed by atoms with E-state index in [1.165, 1.54) is 4.57 Å². The summed E-state index contributed by atoms with van der Waals surface area (Å²) in [7, 11) is 0. The van der Waals surface area contributed by atoms with E-state index in [9.17, 15) is 4.79 Å². The Balaban J connectivity index is 2.81. The number of aromatic nitrogens is 1. The fourth-order valence-electron chi connectivity index (χ4n) is 1.27. The lowest BCUT2D eigenvalue weighted by molar-refractivity contribution is 0.549. The minimum atomic E-state index is 0.714. The van der Waals surface area contributed by atoms with Gasteiger partial charge in [0.2, 0.25) is 6.41 Å².